The second-order valence-corrected chi connectivity index (χ2v) is 6.79. The number of hydrogen-bond acceptors (Lipinski definition) is 4. The van der Waals surface area contributed by atoms with Gasteiger partial charge in [-0.2, -0.15) is 0 Å². The van der Waals surface area contributed by atoms with Crippen molar-refractivity contribution in [3.63, 3.8) is 0 Å². The minimum Gasteiger partial charge on any atom is -0.375 e. The maximum atomic E-state index is 4.51. The Balaban J connectivity index is 2.00. The Kier molecular flexibility index (Phi) is 4.53. The topological polar surface area (TPSA) is 45.5 Å². The fourth-order valence-electron chi connectivity index (χ4n) is 2.15. The lowest BCUT2D eigenvalue weighted by Crippen LogP contribution is -2.15. The Bertz CT molecular complexity index is 817. The van der Waals surface area contributed by atoms with Crippen LogP contribution in [0.5, 0.6) is 0 Å². The van der Waals surface area contributed by atoms with Crippen molar-refractivity contribution in [2.45, 2.75) is 6.92 Å². The maximum Gasteiger partial charge on any atom is 0.181 e. The molecule has 0 aliphatic rings. The number of aromatic nitrogens is 3. The summed E-state index contributed by atoms with van der Waals surface area (Å²) in [7, 11) is 2.08. The fraction of sp³-hybridized carbons (Fsp3) is 0.200. The van der Waals surface area contributed by atoms with Crippen molar-refractivity contribution in [1.29, 1.82) is 0 Å². The van der Waals surface area contributed by atoms with Gasteiger partial charge in [-0.25, -0.2) is 9.97 Å². The van der Waals surface area contributed by atoms with Gasteiger partial charge in [0.2, 0.25) is 0 Å². The van der Waals surface area contributed by atoms with E-state index in [0.29, 0.717) is 0 Å². The zero-order chi connectivity index (χ0) is 15.7. The Morgan fingerprint density at radius 3 is 3.00 bits per heavy atom. The zero-order valence-electron chi connectivity index (χ0n) is 12.2. The summed E-state index contributed by atoms with van der Waals surface area (Å²) in [4.78, 5) is 11.1. The highest BCUT2D eigenvalue weighted by molar-refractivity contribution is 14.1. The molecular formula is C15H15BrIN5. The molecule has 0 amide bonds. The molecule has 0 saturated carbocycles. The number of halogens is 2. The quantitative estimate of drug-likeness (QED) is 0.576. The van der Waals surface area contributed by atoms with Crippen molar-refractivity contribution < 1.29 is 0 Å². The van der Waals surface area contributed by atoms with Crippen LogP contribution in [0.4, 0.5) is 17.2 Å². The van der Waals surface area contributed by atoms with Crippen LogP contribution in [0.2, 0.25) is 0 Å². The van der Waals surface area contributed by atoms with E-state index in [-0.39, 0.29) is 0 Å². The van der Waals surface area contributed by atoms with Crippen LogP contribution in [0.1, 0.15) is 6.92 Å². The number of fused-ring (bicyclic) bond motifs is 1. The Morgan fingerprint density at radius 2 is 2.23 bits per heavy atom. The van der Waals surface area contributed by atoms with Crippen molar-refractivity contribution >= 4 is 61.4 Å². The van der Waals surface area contributed by atoms with E-state index in [1.165, 1.54) is 0 Å². The summed E-state index contributed by atoms with van der Waals surface area (Å²) < 4.78 is 3.81. The fourth-order valence-corrected chi connectivity index (χ4v) is 3.04. The van der Waals surface area contributed by atoms with Gasteiger partial charge >= 0.3 is 0 Å². The molecular weight excluding hydrogens is 457 g/mol. The second-order valence-electron chi connectivity index (χ2n) is 4.88. The Labute approximate surface area is 151 Å². The molecule has 0 aliphatic carbocycles. The van der Waals surface area contributed by atoms with Gasteiger partial charge in [-0.15, -0.1) is 0 Å². The molecule has 0 spiro atoms. The van der Waals surface area contributed by atoms with E-state index in [9.17, 15) is 0 Å². The molecule has 1 N–H and O–H groups in total. The largest absolute Gasteiger partial charge is 0.375 e. The molecule has 0 bridgehead atoms. The highest BCUT2D eigenvalue weighted by Gasteiger charge is 2.10. The van der Waals surface area contributed by atoms with Crippen LogP contribution in [0.25, 0.3) is 5.65 Å². The van der Waals surface area contributed by atoms with Gasteiger partial charge in [0, 0.05) is 31.2 Å². The standard InChI is InChI=1S/C15H15BrIN5/c1-3-21(2)11-6-4-5-10(7-11)19-14-15-18-8-13(17)22(15)9-12(16)20-14/h4-9H,3H2,1-2H3,(H,19,20). The molecule has 5 nitrogen and oxygen atoms in total. The zero-order valence-corrected chi connectivity index (χ0v) is 16.0. The smallest absolute Gasteiger partial charge is 0.181 e. The molecule has 114 valence electrons. The van der Waals surface area contributed by atoms with Crippen LogP contribution in [-0.4, -0.2) is 28.0 Å². The summed E-state index contributed by atoms with van der Waals surface area (Å²) >= 11 is 5.71. The Hall–Kier alpha value is -1.35. The van der Waals surface area contributed by atoms with Crippen molar-refractivity contribution in [3.8, 4) is 0 Å². The molecule has 0 saturated heterocycles. The van der Waals surface area contributed by atoms with Gasteiger partial charge < -0.3 is 10.2 Å². The first-order valence-corrected chi connectivity index (χ1v) is 8.73. The predicted octanol–water partition coefficient (Wildman–Crippen LogP) is 4.30. The van der Waals surface area contributed by atoms with E-state index in [1.807, 2.05) is 28.9 Å². The molecule has 1 aromatic carbocycles. The number of rotatable bonds is 4. The first kappa shape index (κ1) is 15.5. The lowest BCUT2D eigenvalue weighted by atomic mass is 10.2. The third kappa shape index (κ3) is 3.05. The molecule has 22 heavy (non-hydrogen) atoms. The minimum absolute atomic E-state index is 0.730. The molecule has 2 heterocycles. The predicted molar refractivity (Wildman–Crippen MR) is 102 cm³/mol. The average molecular weight is 472 g/mol. The molecule has 0 fully saturated rings. The molecule has 3 aromatic rings. The SMILES string of the molecule is CCN(C)c1cccc(Nc2nc(Br)cn3c(I)cnc23)c1. The number of imidazole rings is 1. The van der Waals surface area contributed by atoms with Gasteiger partial charge in [-0.05, 0) is 63.6 Å². The summed E-state index contributed by atoms with van der Waals surface area (Å²) in [6.45, 7) is 3.09. The van der Waals surface area contributed by atoms with Crippen molar-refractivity contribution in [1.82, 2.24) is 14.4 Å². The van der Waals surface area contributed by atoms with Gasteiger partial charge in [0.05, 0.1) is 6.20 Å². The Morgan fingerprint density at radius 1 is 1.41 bits per heavy atom. The molecule has 2 aromatic heterocycles. The molecule has 3 rings (SSSR count). The van der Waals surface area contributed by atoms with E-state index >= 15 is 0 Å². The lowest BCUT2D eigenvalue weighted by molar-refractivity contribution is 0.968. The van der Waals surface area contributed by atoms with Crippen molar-refractivity contribution in [2.24, 2.45) is 0 Å². The average Bonchev–Trinajstić information content (AvgIpc) is 2.88. The van der Waals surface area contributed by atoms with Crippen molar-refractivity contribution in [2.75, 3.05) is 23.8 Å². The van der Waals surface area contributed by atoms with Gasteiger partial charge in [-0.3, -0.25) is 4.40 Å². The molecule has 0 unspecified atom stereocenters. The van der Waals surface area contributed by atoms with E-state index in [0.717, 1.165) is 37.7 Å². The number of hydrogen-bond donors (Lipinski definition) is 1. The van der Waals surface area contributed by atoms with Crippen LogP contribution in [0.15, 0.2) is 41.3 Å². The van der Waals surface area contributed by atoms with Gasteiger partial charge in [0.1, 0.15) is 8.30 Å². The number of nitrogens with one attached hydrogen (secondary N) is 1. The number of nitrogens with zero attached hydrogens (tertiary/aromatic N) is 4. The summed E-state index contributed by atoms with van der Waals surface area (Å²) in [5, 5.41) is 3.37. The summed E-state index contributed by atoms with van der Waals surface area (Å²) in [5.41, 5.74) is 2.96. The molecule has 7 heteroatoms. The van der Waals surface area contributed by atoms with Gasteiger partial charge in [0.15, 0.2) is 11.5 Å². The monoisotopic (exact) mass is 471 g/mol. The van der Waals surface area contributed by atoms with Crippen LogP contribution in [-0.2, 0) is 0 Å². The van der Waals surface area contributed by atoms with Crippen LogP contribution in [0.3, 0.4) is 0 Å². The van der Waals surface area contributed by atoms with E-state index in [4.69, 9.17) is 0 Å². The molecule has 0 atom stereocenters. The van der Waals surface area contributed by atoms with Crippen LogP contribution >= 0.6 is 38.5 Å². The molecule has 0 radical (unpaired) electrons. The van der Waals surface area contributed by atoms with E-state index in [2.05, 4.69) is 84.8 Å². The summed E-state index contributed by atoms with van der Waals surface area (Å²) in [5.74, 6) is 0.730. The maximum absolute atomic E-state index is 4.51. The van der Waals surface area contributed by atoms with Gasteiger partial charge in [0.25, 0.3) is 0 Å². The molecule has 0 aliphatic heterocycles. The third-order valence-electron chi connectivity index (χ3n) is 3.44. The van der Waals surface area contributed by atoms with Crippen molar-refractivity contribution in [3.05, 3.63) is 45.0 Å². The summed E-state index contributed by atoms with van der Waals surface area (Å²) in [6.07, 6.45) is 3.74. The van der Waals surface area contributed by atoms with Crippen LogP contribution in [0, 0.1) is 3.70 Å². The first-order chi connectivity index (χ1) is 10.6. The summed E-state index contributed by atoms with van der Waals surface area (Å²) in [6, 6.07) is 8.27. The highest BCUT2D eigenvalue weighted by Crippen LogP contribution is 2.25. The second kappa shape index (κ2) is 6.41. The number of benzene rings is 1. The van der Waals surface area contributed by atoms with Crippen LogP contribution < -0.4 is 10.2 Å². The van der Waals surface area contributed by atoms with E-state index < -0.39 is 0 Å². The minimum atomic E-state index is 0.730. The first-order valence-electron chi connectivity index (χ1n) is 6.86. The van der Waals surface area contributed by atoms with Gasteiger partial charge in [-0.1, -0.05) is 6.07 Å². The third-order valence-corrected chi connectivity index (χ3v) is 4.62. The normalized spacial score (nSPS) is 10.9. The lowest BCUT2D eigenvalue weighted by Gasteiger charge is -2.18. The number of anilines is 3. The highest BCUT2D eigenvalue weighted by atomic mass is 127. The van der Waals surface area contributed by atoms with E-state index in [1.54, 1.807) is 0 Å².